The topological polar surface area (TPSA) is 52.7 Å². The van der Waals surface area contributed by atoms with Crippen molar-refractivity contribution in [1.29, 1.82) is 0 Å². The number of carbonyl (C=O) groups is 1. The quantitative estimate of drug-likeness (QED) is 0.466. The minimum atomic E-state index is 0.134. The van der Waals surface area contributed by atoms with E-state index in [1.807, 2.05) is 45.0 Å². The summed E-state index contributed by atoms with van der Waals surface area (Å²) in [5, 5.41) is 9.23. The molecule has 26 heavy (non-hydrogen) atoms. The number of rotatable bonds is 7. The lowest BCUT2D eigenvalue weighted by Gasteiger charge is -2.08. The standard InChI is InChI=1S/C20H24N4OS/c1-5-23-14(2)11-18(15(23)3)19(25)13-26-20-22-21-16(4)24(20)12-17-9-7-6-8-10-17/h6-11H,5,12-13H2,1-4H3. The van der Waals surface area contributed by atoms with Crippen LogP contribution >= 0.6 is 11.8 Å². The molecule has 1 aromatic carbocycles. The molecule has 5 nitrogen and oxygen atoms in total. The number of hydrogen-bond donors (Lipinski definition) is 0. The van der Waals surface area contributed by atoms with Crippen molar-refractivity contribution in [2.75, 3.05) is 5.75 Å². The number of Topliss-reactive ketones (excluding diaryl/α,β-unsaturated/α-hetero) is 1. The number of hydrogen-bond acceptors (Lipinski definition) is 4. The van der Waals surface area contributed by atoms with Crippen LogP contribution in [-0.4, -0.2) is 30.9 Å². The molecule has 0 fully saturated rings. The second-order valence-electron chi connectivity index (χ2n) is 6.34. The van der Waals surface area contributed by atoms with E-state index >= 15 is 0 Å². The van der Waals surface area contributed by atoms with Gasteiger partial charge >= 0.3 is 0 Å². The van der Waals surface area contributed by atoms with Crippen molar-refractivity contribution >= 4 is 17.5 Å². The van der Waals surface area contributed by atoms with E-state index < -0.39 is 0 Å². The first-order chi connectivity index (χ1) is 12.5. The summed E-state index contributed by atoms with van der Waals surface area (Å²) in [5.74, 6) is 1.35. The van der Waals surface area contributed by atoms with E-state index in [4.69, 9.17) is 0 Å². The van der Waals surface area contributed by atoms with E-state index in [1.165, 1.54) is 17.3 Å². The molecular weight excluding hydrogens is 344 g/mol. The Bertz CT molecular complexity index is 912. The molecule has 3 rings (SSSR count). The highest BCUT2D eigenvalue weighted by Crippen LogP contribution is 2.22. The van der Waals surface area contributed by atoms with Crippen molar-refractivity contribution in [2.24, 2.45) is 0 Å². The van der Waals surface area contributed by atoms with Crippen LogP contribution in [-0.2, 0) is 13.1 Å². The van der Waals surface area contributed by atoms with E-state index in [2.05, 4.69) is 38.4 Å². The van der Waals surface area contributed by atoms with Gasteiger partial charge in [0.05, 0.1) is 12.3 Å². The Kier molecular flexibility index (Phi) is 5.61. The Morgan fingerprint density at radius 2 is 1.81 bits per heavy atom. The molecule has 0 saturated heterocycles. The third kappa shape index (κ3) is 3.75. The average molecular weight is 369 g/mol. The molecule has 0 atom stereocenters. The molecule has 2 heterocycles. The zero-order valence-electron chi connectivity index (χ0n) is 15.7. The monoisotopic (exact) mass is 368 g/mol. The first-order valence-electron chi connectivity index (χ1n) is 8.77. The summed E-state index contributed by atoms with van der Waals surface area (Å²) < 4.78 is 4.22. The largest absolute Gasteiger partial charge is 0.349 e. The molecule has 3 aromatic rings. The first kappa shape index (κ1) is 18.5. The van der Waals surface area contributed by atoms with Gasteiger partial charge in [0.1, 0.15) is 5.82 Å². The van der Waals surface area contributed by atoms with E-state index in [-0.39, 0.29) is 5.78 Å². The summed E-state index contributed by atoms with van der Waals surface area (Å²) in [7, 11) is 0. The summed E-state index contributed by atoms with van der Waals surface area (Å²) in [6, 6.07) is 12.2. The van der Waals surface area contributed by atoms with Gasteiger partial charge in [-0.15, -0.1) is 10.2 Å². The molecule has 0 N–H and O–H groups in total. The molecule has 0 aliphatic heterocycles. The Morgan fingerprint density at radius 1 is 1.08 bits per heavy atom. The van der Waals surface area contributed by atoms with E-state index in [9.17, 15) is 4.79 Å². The van der Waals surface area contributed by atoms with E-state index in [0.29, 0.717) is 12.3 Å². The molecule has 0 spiro atoms. The maximum atomic E-state index is 12.7. The van der Waals surface area contributed by atoms with Crippen molar-refractivity contribution in [2.45, 2.75) is 45.9 Å². The highest BCUT2D eigenvalue weighted by atomic mass is 32.2. The Morgan fingerprint density at radius 3 is 2.46 bits per heavy atom. The molecule has 0 amide bonds. The van der Waals surface area contributed by atoms with Gasteiger partial charge in [-0.05, 0) is 39.3 Å². The minimum absolute atomic E-state index is 0.134. The fourth-order valence-corrected chi connectivity index (χ4v) is 4.06. The van der Waals surface area contributed by atoms with Gasteiger partial charge in [-0.3, -0.25) is 4.79 Å². The number of ketones is 1. The molecule has 0 bridgehead atoms. The van der Waals surface area contributed by atoms with Crippen LogP contribution in [0.2, 0.25) is 0 Å². The van der Waals surface area contributed by atoms with Crippen LogP contribution in [0.4, 0.5) is 0 Å². The summed E-state index contributed by atoms with van der Waals surface area (Å²) in [5.41, 5.74) is 4.16. The van der Waals surface area contributed by atoms with Gasteiger partial charge in [-0.25, -0.2) is 0 Å². The van der Waals surface area contributed by atoms with Crippen LogP contribution in [0.15, 0.2) is 41.6 Å². The van der Waals surface area contributed by atoms with E-state index in [1.54, 1.807) is 0 Å². The van der Waals surface area contributed by atoms with Gasteiger partial charge in [-0.1, -0.05) is 42.1 Å². The lowest BCUT2D eigenvalue weighted by molar-refractivity contribution is 0.102. The lowest BCUT2D eigenvalue weighted by Crippen LogP contribution is -2.08. The molecule has 0 saturated carbocycles. The van der Waals surface area contributed by atoms with Crippen LogP contribution in [0.3, 0.4) is 0 Å². The first-order valence-corrected chi connectivity index (χ1v) is 9.76. The maximum Gasteiger partial charge on any atom is 0.191 e. The van der Waals surface area contributed by atoms with Gasteiger partial charge in [-0.2, -0.15) is 0 Å². The summed E-state index contributed by atoms with van der Waals surface area (Å²) in [4.78, 5) is 12.7. The minimum Gasteiger partial charge on any atom is -0.349 e. The summed E-state index contributed by atoms with van der Waals surface area (Å²) in [6.45, 7) is 9.68. The summed E-state index contributed by atoms with van der Waals surface area (Å²) >= 11 is 1.45. The molecule has 0 aliphatic carbocycles. The number of aryl methyl sites for hydroxylation is 2. The summed E-state index contributed by atoms with van der Waals surface area (Å²) in [6.07, 6.45) is 0. The Balaban J connectivity index is 1.73. The number of aromatic nitrogens is 4. The molecule has 2 aromatic heterocycles. The third-order valence-corrected chi connectivity index (χ3v) is 5.57. The SMILES string of the molecule is CCn1c(C)cc(C(=O)CSc2nnc(C)n2Cc2ccccc2)c1C. The van der Waals surface area contributed by atoms with Gasteiger partial charge in [0.15, 0.2) is 10.9 Å². The highest BCUT2D eigenvalue weighted by molar-refractivity contribution is 7.99. The van der Waals surface area contributed by atoms with Crippen molar-refractivity contribution in [3.63, 3.8) is 0 Å². The predicted octanol–water partition coefficient (Wildman–Crippen LogP) is 4.05. The van der Waals surface area contributed by atoms with Crippen LogP contribution in [0, 0.1) is 20.8 Å². The van der Waals surface area contributed by atoms with Gasteiger partial charge < -0.3 is 9.13 Å². The fourth-order valence-electron chi connectivity index (χ4n) is 3.19. The second-order valence-corrected chi connectivity index (χ2v) is 7.28. The zero-order valence-corrected chi connectivity index (χ0v) is 16.5. The van der Waals surface area contributed by atoms with Crippen molar-refractivity contribution < 1.29 is 4.79 Å². The molecule has 136 valence electrons. The van der Waals surface area contributed by atoms with Crippen molar-refractivity contribution in [3.8, 4) is 0 Å². The van der Waals surface area contributed by atoms with Gasteiger partial charge in [0.25, 0.3) is 0 Å². The smallest absolute Gasteiger partial charge is 0.191 e. The number of nitrogens with zero attached hydrogens (tertiary/aromatic N) is 4. The average Bonchev–Trinajstić information content (AvgIpc) is 3.13. The van der Waals surface area contributed by atoms with Crippen LogP contribution in [0.1, 0.15) is 40.1 Å². The second kappa shape index (κ2) is 7.91. The third-order valence-electron chi connectivity index (χ3n) is 4.61. The van der Waals surface area contributed by atoms with Crippen LogP contribution in [0.5, 0.6) is 0 Å². The highest BCUT2D eigenvalue weighted by Gasteiger charge is 2.17. The Hall–Kier alpha value is -2.34. The molecular formula is C20H24N4OS. The molecule has 6 heteroatoms. The van der Waals surface area contributed by atoms with Crippen LogP contribution in [0.25, 0.3) is 0 Å². The molecule has 0 radical (unpaired) electrons. The number of carbonyl (C=O) groups excluding carboxylic acids is 1. The normalized spacial score (nSPS) is 11.1. The number of benzene rings is 1. The zero-order chi connectivity index (χ0) is 18.7. The van der Waals surface area contributed by atoms with Crippen LogP contribution < -0.4 is 0 Å². The van der Waals surface area contributed by atoms with E-state index in [0.717, 1.165) is 34.5 Å². The lowest BCUT2D eigenvalue weighted by atomic mass is 10.2. The van der Waals surface area contributed by atoms with Crippen molar-refractivity contribution in [3.05, 3.63) is 64.7 Å². The molecule has 0 aliphatic rings. The Labute approximate surface area is 158 Å². The van der Waals surface area contributed by atoms with Crippen molar-refractivity contribution in [1.82, 2.24) is 19.3 Å². The van der Waals surface area contributed by atoms with Gasteiger partial charge in [0, 0.05) is 23.5 Å². The fraction of sp³-hybridized carbons (Fsp3) is 0.350. The number of thioether (sulfide) groups is 1. The maximum absolute atomic E-state index is 12.7. The van der Waals surface area contributed by atoms with Gasteiger partial charge in [0.2, 0.25) is 0 Å². The molecule has 0 unspecified atom stereocenters. The predicted molar refractivity (Wildman–Crippen MR) is 105 cm³/mol.